The van der Waals surface area contributed by atoms with Gasteiger partial charge in [0.2, 0.25) is 9.84 Å². The minimum atomic E-state index is -3.42. The van der Waals surface area contributed by atoms with Gasteiger partial charge in [0.25, 0.3) is 0 Å². The maximum absolute atomic E-state index is 12.6. The molecule has 0 aliphatic carbocycles. The van der Waals surface area contributed by atoms with E-state index in [0.29, 0.717) is 9.79 Å². The molecule has 0 unspecified atom stereocenters. The second kappa shape index (κ2) is 5.64. The van der Waals surface area contributed by atoms with Gasteiger partial charge in [0, 0.05) is 0 Å². The van der Waals surface area contributed by atoms with Gasteiger partial charge in [0.1, 0.15) is 0 Å². The quantitative estimate of drug-likeness (QED) is 0.832. The standard InChI is InChI=1S/C18H22O2S/c1-5-18(3,4)15-8-12-17(13-9-15)21(19,20)16-10-6-14(2)7-11-16/h6-13H,5H2,1-4H3. The Morgan fingerprint density at radius 3 is 1.71 bits per heavy atom. The molecule has 0 heterocycles. The fourth-order valence-corrected chi connectivity index (χ4v) is 3.40. The molecule has 3 heteroatoms. The molecule has 0 radical (unpaired) electrons. The summed E-state index contributed by atoms with van der Waals surface area (Å²) < 4.78 is 25.2. The van der Waals surface area contributed by atoms with Crippen molar-refractivity contribution in [2.75, 3.05) is 0 Å². The van der Waals surface area contributed by atoms with Crippen molar-refractivity contribution in [3.8, 4) is 0 Å². The average molecular weight is 302 g/mol. The Balaban J connectivity index is 2.40. The van der Waals surface area contributed by atoms with Crippen LogP contribution in [0.5, 0.6) is 0 Å². The highest BCUT2D eigenvalue weighted by Gasteiger charge is 2.21. The Morgan fingerprint density at radius 2 is 1.29 bits per heavy atom. The molecule has 0 spiro atoms. The Morgan fingerprint density at radius 1 is 0.857 bits per heavy atom. The van der Waals surface area contributed by atoms with Crippen molar-refractivity contribution in [3.05, 3.63) is 59.7 Å². The smallest absolute Gasteiger partial charge is 0.206 e. The third kappa shape index (κ3) is 3.18. The van der Waals surface area contributed by atoms with Crippen LogP contribution in [0.3, 0.4) is 0 Å². The van der Waals surface area contributed by atoms with Crippen molar-refractivity contribution in [3.63, 3.8) is 0 Å². The minimum absolute atomic E-state index is 0.0617. The SMILES string of the molecule is CCC(C)(C)c1ccc(S(=O)(=O)c2ccc(C)cc2)cc1. The third-order valence-electron chi connectivity index (χ3n) is 4.16. The first-order valence-corrected chi connectivity index (χ1v) is 8.68. The molecule has 0 aromatic heterocycles. The number of aryl methyl sites for hydroxylation is 1. The lowest BCUT2D eigenvalue weighted by Crippen LogP contribution is -2.15. The van der Waals surface area contributed by atoms with Gasteiger partial charge in [0.15, 0.2) is 0 Å². The third-order valence-corrected chi connectivity index (χ3v) is 5.95. The van der Waals surface area contributed by atoms with Crippen LogP contribution in [0.25, 0.3) is 0 Å². The molecule has 2 rings (SSSR count). The van der Waals surface area contributed by atoms with Crippen molar-refractivity contribution in [1.29, 1.82) is 0 Å². The Hall–Kier alpha value is -1.61. The second-order valence-corrected chi connectivity index (χ2v) is 8.03. The van der Waals surface area contributed by atoms with Crippen molar-refractivity contribution >= 4 is 9.84 Å². The van der Waals surface area contributed by atoms with Gasteiger partial charge in [-0.05, 0) is 48.6 Å². The lowest BCUT2D eigenvalue weighted by molar-refractivity contribution is 0.506. The first-order valence-electron chi connectivity index (χ1n) is 7.19. The number of hydrogen-bond donors (Lipinski definition) is 0. The van der Waals surface area contributed by atoms with E-state index in [1.165, 1.54) is 0 Å². The minimum Gasteiger partial charge on any atom is -0.219 e. The fraction of sp³-hybridized carbons (Fsp3) is 0.333. The summed E-state index contributed by atoms with van der Waals surface area (Å²) in [6.07, 6.45) is 1.01. The van der Waals surface area contributed by atoms with E-state index >= 15 is 0 Å². The molecular formula is C18H22O2S. The predicted octanol–water partition coefficient (Wildman–Crippen LogP) is 4.52. The first kappa shape index (κ1) is 15.8. The van der Waals surface area contributed by atoms with E-state index < -0.39 is 9.84 Å². The molecule has 0 N–H and O–H groups in total. The molecule has 0 aliphatic heterocycles. The van der Waals surface area contributed by atoms with E-state index in [2.05, 4.69) is 20.8 Å². The average Bonchev–Trinajstić information content (AvgIpc) is 2.48. The first-order chi connectivity index (χ1) is 9.77. The highest BCUT2D eigenvalue weighted by Crippen LogP contribution is 2.29. The Labute approximate surface area is 127 Å². The molecule has 112 valence electrons. The van der Waals surface area contributed by atoms with Gasteiger partial charge in [-0.2, -0.15) is 0 Å². The van der Waals surface area contributed by atoms with Crippen molar-refractivity contribution in [1.82, 2.24) is 0 Å². The molecular weight excluding hydrogens is 280 g/mol. The molecule has 2 nitrogen and oxygen atoms in total. The Bertz CT molecular complexity index is 709. The number of benzene rings is 2. The molecule has 0 fully saturated rings. The van der Waals surface area contributed by atoms with Crippen LogP contribution in [0.1, 0.15) is 38.3 Å². The zero-order chi connectivity index (χ0) is 15.7. The Kier molecular flexibility index (Phi) is 4.24. The maximum atomic E-state index is 12.6. The van der Waals surface area contributed by atoms with E-state index in [4.69, 9.17) is 0 Å². The summed E-state index contributed by atoms with van der Waals surface area (Å²) in [6.45, 7) is 8.40. The van der Waals surface area contributed by atoms with Crippen LogP contribution < -0.4 is 0 Å². The van der Waals surface area contributed by atoms with Crippen molar-refractivity contribution in [2.24, 2.45) is 0 Å². The van der Waals surface area contributed by atoms with Crippen molar-refractivity contribution in [2.45, 2.75) is 49.3 Å². The van der Waals surface area contributed by atoms with Gasteiger partial charge >= 0.3 is 0 Å². The van der Waals surface area contributed by atoms with Crippen LogP contribution >= 0.6 is 0 Å². The van der Waals surface area contributed by atoms with Gasteiger partial charge < -0.3 is 0 Å². The zero-order valence-electron chi connectivity index (χ0n) is 13.1. The van der Waals surface area contributed by atoms with Crippen LogP contribution in [-0.4, -0.2) is 8.42 Å². The molecule has 0 atom stereocenters. The molecule has 0 saturated carbocycles. The summed E-state index contributed by atoms with van der Waals surface area (Å²) in [6, 6.07) is 14.2. The summed E-state index contributed by atoms with van der Waals surface area (Å²) in [5, 5.41) is 0. The van der Waals surface area contributed by atoms with Gasteiger partial charge in [-0.1, -0.05) is 50.6 Å². The monoisotopic (exact) mass is 302 g/mol. The summed E-state index contributed by atoms with van der Waals surface area (Å²) in [4.78, 5) is 0.692. The molecule has 0 bridgehead atoms. The molecule has 2 aromatic carbocycles. The van der Waals surface area contributed by atoms with E-state index in [1.54, 1.807) is 24.3 Å². The van der Waals surface area contributed by atoms with E-state index in [-0.39, 0.29) is 5.41 Å². The fourth-order valence-electron chi connectivity index (χ4n) is 2.14. The van der Waals surface area contributed by atoms with Gasteiger partial charge in [-0.3, -0.25) is 0 Å². The van der Waals surface area contributed by atoms with Crippen LogP contribution in [0.4, 0.5) is 0 Å². The maximum Gasteiger partial charge on any atom is 0.206 e. The van der Waals surface area contributed by atoms with Crippen LogP contribution in [0.15, 0.2) is 58.3 Å². The van der Waals surface area contributed by atoms with E-state index in [9.17, 15) is 8.42 Å². The van der Waals surface area contributed by atoms with Crippen LogP contribution in [-0.2, 0) is 15.3 Å². The van der Waals surface area contributed by atoms with Crippen LogP contribution in [0, 0.1) is 6.92 Å². The molecule has 0 aliphatic rings. The number of hydrogen-bond acceptors (Lipinski definition) is 2. The molecule has 0 saturated heterocycles. The van der Waals surface area contributed by atoms with E-state index in [0.717, 1.165) is 17.5 Å². The molecule has 21 heavy (non-hydrogen) atoms. The molecule has 2 aromatic rings. The lowest BCUT2D eigenvalue weighted by Gasteiger charge is -2.23. The zero-order valence-corrected chi connectivity index (χ0v) is 13.9. The van der Waals surface area contributed by atoms with E-state index in [1.807, 2.05) is 31.2 Å². The number of rotatable bonds is 4. The summed E-state index contributed by atoms with van der Waals surface area (Å²) in [5.74, 6) is 0. The highest BCUT2D eigenvalue weighted by atomic mass is 32.2. The normalized spacial score (nSPS) is 12.4. The van der Waals surface area contributed by atoms with Gasteiger partial charge in [-0.15, -0.1) is 0 Å². The lowest BCUT2D eigenvalue weighted by atomic mass is 9.82. The summed E-state index contributed by atoms with van der Waals surface area (Å²) in [5.41, 5.74) is 2.27. The molecule has 0 amide bonds. The predicted molar refractivity (Wildman–Crippen MR) is 86.4 cm³/mol. The summed E-state index contributed by atoms with van der Waals surface area (Å²) in [7, 11) is -3.42. The van der Waals surface area contributed by atoms with Crippen molar-refractivity contribution < 1.29 is 8.42 Å². The van der Waals surface area contributed by atoms with Gasteiger partial charge in [0.05, 0.1) is 9.79 Å². The topological polar surface area (TPSA) is 34.1 Å². The summed E-state index contributed by atoms with van der Waals surface area (Å²) >= 11 is 0. The number of sulfone groups is 1. The van der Waals surface area contributed by atoms with Gasteiger partial charge in [-0.25, -0.2) is 8.42 Å². The van der Waals surface area contributed by atoms with Crippen LogP contribution in [0.2, 0.25) is 0 Å². The highest BCUT2D eigenvalue weighted by molar-refractivity contribution is 7.91. The largest absolute Gasteiger partial charge is 0.219 e. The second-order valence-electron chi connectivity index (χ2n) is 6.08.